The second-order valence-electron chi connectivity index (χ2n) is 6.82. The van der Waals surface area contributed by atoms with Gasteiger partial charge >= 0.3 is 6.03 Å². The topological polar surface area (TPSA) is 105 Å². The van der Waals surface area contributed by atoms with Crippen LogP contribution in [0.3, 0.4) is 0 Å². The van der Waals surface area contributed by atoms with Gasteiger partial charge in [0.15, 0.2) is 0 Å². The van der Waals surface area contributed by atoms with Crippen LogP contribution >= 0.6 is 0 Å². The van der Waals surface area contributed by atoms with Gasteiger partial charge in [-0.2, -0.15) is 0 Å². The minimum Gasteiger partial charge on any atom is -0.497 e. The Labute approximate surface area is 174 Å². The molecule has 0 unspecified atom stereocenters. The quantitative estimate of drug-likeness (QED) is 0.678. The molecule has 0 radical (unpaired) electrons. The van der Waals surface area contributed by atoms with Crippen LogP contribution < -0.4 is 15.4 Å². The molecular formula is C20H20FN3O5S. The van der Waals surface area contributed by atoms with Gasteiger partial charge in [0, 0.05) is 11.9 Å². The molecule has 1 aliphatic heterocycles. The Balaban J connectivity index is 1.72. The van der Waals surface area contributed by atoms with Crippen LogP contribution in [0.5, 0.6) is 5.75 Å². The Bertz CT molecular complexity index is 1040. The molecule has 2 aromatic carbocycles. The van der Waals surface area contributed by atoms with E-state index >= 15 is 0 Å². The molecular weight excluding hydrogens is 413 g/mol. The molecule has 2 atom stereocenters. The summed E-state index contributed by atoms with van der Waals surface area (Å²) in [6.45, 7) is 1.01. The summed E-state index contributed by atoms with van der Waals surface area (Å²) in [6.07, 6.45) is 1.34. The molecule has 2 aromatic rings. The highest BCUT2D eigenvalue weighted by Gasteiger charge is 2.49. The summed E-state index contributed by atoms with van der Waals surface area (Å²) in [6, 6.07) is 9.65. The molecule has 8 nitrogen and oxygen atoms in total. The van der Waals surface area contributed by atoms with E-state index in [0.717, 1.165) is 11.0 Å². The molecule has 0 aromatic heterocycles. The second kappa shape index (κ2) is 8.23. The molecule has 1 heterocycles. The number of ether oxygens (including phenoxy) is 1. The maximum Gasteiger partial charge on any atom is 0.325 e. The third-order valence-electron chi connectivity index (χ3n) is 4.77. The molecule has 4 amide bonds. The zero-order chi connectivity index (χ0) is 22.1. The smallest absolute Gasteiger partial charge is 0.325 e. The average Bonchev–Trinajstić information content (AvgIpc) is 2.91. The Morgan fingerprint density at radius 3 is 2.47 bits per heavy atom. The number of hydrogen-bond donors (Lipinski definition) is 2. The Hall–Kier alpha value is -3.27. The molecule has 1 aliphatic rings. The number of amides is 4. The number of carbonyl (C=O) groups excluding carboxylic acids is 3. The van der Waals surface area contributed by atoms with E-state index in [-0.39, 0.29) is 10.6 Å². The highest BCUT2D eigenvalue weighted by atomic mass is 32.2. The first kappa shape index (κ1) is 21.4. The fourth-order valence-electron chi connectivity index (χ4n) is 3.12. The molecule has 10 heteroatoms. The monoisotopic (exact) mass is 433 g/mol. The third-order valence-corrected chi connectivity index (χ3v) is 5.72. The molecule has 158 valence electrons. The van der Waals surface area contributed by atoms with Crippen molar-refractivity contribution < 1.29 is 27.7 Å². The summed E-state index contributed by atoms with van der Waals surface area (Å²) in [4.78, 5) is 38.4. The van der Waals surface area contributed by atoms with Crippen molar-refractivity contribution in [1.29, 1.82) is 0 Å². The van der Waals surface area contributed by atoms with Gasteiger partial charge in [-0.15, -0.1) is 0 Å². The predicted octanol–water partition coefficient (Wildman–Crippen LogP) is 1.98. The highest BCUT2D eigenvalue weighted by molar-refractivity contribution is 7.84. The normalized spacial score (nSPS) is 19.4. The van der Waals surface area contributed by atoms with Crippen molar-refractivity contribution in [3.8, 4) is 5.75 Å². The lowest BCUT2D eigenvalue weighted by Crippen LogP contribution is -2.42. The molecule has 1 fully saturated rings. The number of carbonyl (C=O) groups is 3. The van der Waals surface area contributed by atoms with E-state index in [1.54, 1.807) is 31.2 Å². The van der Waals surface area contributed by atoms with Gasteiger partial charge in [0.1, 0.15) is 23.7 Å². The lowest BCUT2D eigenvalue weighted by atomic mass is 9.92. The van der Waals surface area contributed by atoms with Gasteiger partial charge in [0.25, 0.3) is 5.91 Å². The zero-order valence-corrected chi connectivity index (χ0v) is 17.3. The maximum atomic E-state index is 13.9. The van der Waals surface area contributed by atoms with Gasteiger partial charge in [-0.1, -0.05) is 12.1 Å². The SMILES string of the molecule is COc1ccc([C@]2(C)NC(=O)N(CC(=O)Nc3ccc([S@](C)=O)c(F)c3)C2=O)cc1. The van der Waals surface area contributed by atoms with Gasteiger partial charge in [-0.25, -0.2) is 9.18 Å². The number of methoxy groups -OCH3 is 1. The molecule has 2 N–H and O–H groups in total. The first-order valence-corrected chi connectivity index (χ1v) is 10.4. The average molecular weight is 433 g/mol. The van der Waals surface area contributed by atoms with Crippen molar-refractivity contribution in [3.63, 3.8) is 0 Å². The van der Waals surface area contributed by atoms with E-state index in [1.165, 1.54) is 25.5 Å². The van der Waals surface area contributed by atoms with E-state index in [9.17, 15) is 23.0 Å². The van der Waals surface area contributed by atoms with Gasteiger partial charge < -0.3 is 15.4 Å². The first-order valence-electron chi connectivity index (χ1n) is 8.87. The van der Waals surface area contributed by atoms with Crippen molar-refractivity contribution in [2.45, 2.75) is 17.4 Å². The van der Waals surface area contributed by atoms with E-state index < -0.39 is 46.5 Å². The number of urea groups is 1. The molecule has 1 saturated heterocycles. The number of rotatable bonds is 6. The lowest BCUT2D eigenvalue weighted by Gasteiger charge is -2.22. The number of imide groups is 1. The van der Waals surface area contributed by atoms with E-state index in [0.29, 0.717) is 11.3 Å². The minimum atomic E-state index is -1.51. The number of hydrogen-bond acceptors (Lipinski definition) is 5. The van der Waals surface area contributed by atoms with Crippen LogP contribution in [0.1, 0.15) is 12.5 Å². The van der Waals surface area contributed by atoms with Gasteiger partial charge in [0.2, 0.25) is 5.91 Å². The van der Waals surface area contributed by atoms with Crippen molar-refractivity contribution >= 4 is 34.3 Å². The van der Waals surface area contributed by atoms with Crippen LogP contribution in [0.4, 0.5) is 14.9 Å². The summed E-state index contributed by atoms with van der Waals surface area (Å²) in [5, 5.41) is 5.04. The van der Waals surface area contributed by atoms with Crippen molar-refractivity contribution in [2.75, 3.05) is 25.2 Å². The first-order chi connectivity index (χ1) is 14.2. The molecule has 3 rings (SSSR count). The van der Waals surface area contributed by atoms with Gasteiger partial charge in [0.05, 0.1) is 22.8 Å². The van der Waals surface area contributed by atoms with Crippen molar-refractivity contribution in [2.24, 2.45) is 0 Å². The standard InChI is InChI=1S/C20H20FN3O5S/c1-20(12-4-7-14(29-2)8-5-12)18(26)24(19(27)23-20)11-17(25)22-13-6-9-16(30(3)28)15(21)10-13/h4-10H,11H2,1-3H3,(H,22,25)(H,23,27)/t20-,30-/m0/s1. The van der Waals surface area contributed by atoms with Crippen molar-refractivity contribution in [1.82, 2.24) is 10.2 Å². The number of benzene rings is 2. The van der Waals surface area contributed by atoms with Crippen molar-refractivity contribution in [3.05, 3.63) is 53.8 Å². The number of nitrogens with one attached hydrogen (secondary N) is 2. The van der Waals surface area contributed by atoms with Crippen LogP contribution in [0.25, 0.3) is 0 Å². The summed E-state index contributed by atoms with van der Waals surface area (Å²) in [5.41, 5.74) is -0.672. The summed E-state index contributed by atoms with van der Waals surface area (Å²) in [5.74, 6) is -1.39. The fraction of sp³-hybridized carbons (Fsp3) is 0.250. The van der Waals surface area contributed by atoms with Crippen LogP contribution in [0.15, 0.2) is 47.4 Å². The minimum absolute atomic E-state index is 0.0114. The Kier molecular flexibility index (Phi) is 5.88. The van der Waals surface area contributed by atoms with Crippen LogP contribution in [-0.2, 0) is 25.9 Å². The van der Waals surface area contributed by atoms with E-state index in [4.69, 9.17) is 4.74 Å². The van der Waals surface area contributed by atoms with Crippen LogP contribution in [0, 0.1) is 5.82 Å². The Morgan fingerprint density at radius 1 is 1.23 bits per heavy atom. The van der Waals surface area contributed by atoms with E-state index in [2.05, 4.69) is 10.6 Å². The van der Waals surface area contributed by atoms with Crippen LogP contribution in [0.2, 0.25) is 0 Å². The molecule has 30 heavy (non-hydrogen) atoms. The zero-order valence-electron chi connectivity index (χ0n) is 16.5. The molecule has 0 spiro atoms. The Morgan fingerprint density at radius 2 is 1.90 bits per heavy atom. The third kappa shape index (κ3) is 4.04. The van der Waals surface area contributed by atoms with E-state index in [1.807, 2.05) is 0 Å². The summed E-state index contributed by atoms with van der Waals surface area (Å²) < 4.78 is 30.4. The number of nitrogens with zero attached hydrogens (tertiary/aromatic N) is 1. The number of halogens is 1. The fourth-order valence-corrected chi connectivity index (χ4v) is 3.71. The largest absolute Gasteiger partial charge is 0.497 e. The molecule has 0 aliphatic carbocycles. The second-order valence-corrected chi connectivity index (χ2v) is 8.17. The van der Waals surface area contributed by atoms with Gasteiger partial charge in [-0.05, 0) is 42.8 Å². The number of anilines is 1. The van der Waals surface area contributed by atoms with Crippen LogP contribution in [-0.4, -0.2) is 46.9 Å². The highest BCUT2D eigenvalue weighted by Crippen LogP contribution is 2.30. The predicted molar refractivity (Wildman–Crippen MR) is 108 cm³/mol. The van der Waals surface area contributed by atoms with Gasteiger partial charge in [-0.3, -0.25) is 18.7 Å². The lowest BCUT2D eigenvalue weighted by molar-refractivity contribution is -0.133. The molecule has 0 bridgehead atoms. The summed E-state index contributed by atoms with van der Waals surface area (Å²) in [7, 11) is 0.00918. The maximum absolute atomic E-state index is 13.9. The summed E-state index contributed by atoms with van der Waals surface area (Å²) >= 11 is 0. The molecule has 0 saturated carbocycles.